The van der Waals surface area contributed by atoms with Gasteiger partial charge in [-0.05, 0) is 44.2 Å². The standard InChI is InChI=1S/C21H24N4O3/c1-4-28-18-10-8-17(9-11-18)25-20(16-7-5-6-15(2)14-16)23-19(24-25)21(26)22-12-13-27-3/h5-11,14H,4,12-13H2,1-3H3,(H,22,26). The second kappa shape index (κ2) is 9.14. The van der Waals surface area contributed by atoms with Crippen LogP contribution in [0.1, 0.15) is 23.1 Å². The zero-order valence-corrected chi connectivity index (χ0v) is 16.3. The van der Waals surface area contributed by atoms with Crippen LogP contribution in [0.5, 0.6) is 5.75 Å². The Bertz CT molecular complexity index is 935. The molecular weight excluding hydrogens is 356 g/mol. The van der Waals surface area contributed by atoms with Crippen molar-refractivity contribution < 1.29 is 14.3 Å². The van der Waals surface area contributed by atoms with Crippen molar-refractivity contribution in [3.8, 4) is 22.8 Å². The molecule has 3 rings (SSSR count). The summed E-state index contributed by atoms with van der Waals surface area (Å²) in [7, 11) is 1.58. The van der Waals surface area contributed by atoms with E-state index < -0.39 is 0 Å². The Kier molecular flexibility index (Phi) is 6.39. The second-order valence-electron chi connectivity index (χ2n) is 6.22. The van der Waals surface area contributed by atoms with Crippen molar-refractivity contribution in [1.82, 2.24) is 20.1 Å². The largest absolute Gasteiger partial charge is 0.494 e. The quantitative estimate of drug-likeness (QED) is 0.608. The smallest absolute Gasteiger partial charge is 0.291 e. The van der Waals surface area contributed by atoms with E-state index in [9.17, 15) is 4.79 Å². The molecule has 28 heavy (non-hydrogen) atoms. The average molecular weight is 380 g/mol. The lowest BCUT2D eigenvalue weighted by Gasteiger charge is -2.08. The Labute approximate surface area is 164 Å². The topological polar surface area (TPSA) is 78.3 Å². The monoisotopic (exact) mass is 380 g/mol. The van der Waals surface area contributed by atoms with E-state index in [1.165, 1.54) is 0 Å². The first-order chi connectivity index (χ1) is 13.6. The van der Waals surface area contributed by atoms with Crippen molar-refractivity contribution in [2.24, 2.45) is 0 Å². The summed E-state index contributed by atoms with van der Waals surface area (Å²) in [4.78, 5) is 16.9. The third-order valence-corrected chi connectivity index (χ3v) is 4.07. The van der Waals surface area contributed by atoms with E-state index in [4.69, 9.17) is 9.47 Å². The van der Waals surface area contributed by atoms with E-state index in [1.807, 2.05) is 62.4 Å². The van der Waals surface area contributed by atoms with E-state index in [2.05, 4.69) is 15.4 Å². The highest BCUT2D eigenvalue weighted by Crippen LogP contribution is 2.23. The van der Waals surface area contributed by atoms with Gasteiger partial charge in [0.2, 0.25) is 5.82 Å². The van der Waals surface area contributed by atoms with E-state index in [1.54, 1.807) is 11.8 Å². The maximum atomic E-state index is 12.4. The van der Waals surface area contributed by atoms with Crippen LogP contribution >= 0.6 is 0 Å². The highest BCUT2D eigenvalue weighted by molar-refractivity contribution is 5.91. The first kappa shape index (κ1) is 19.6. The number of methoxy groups -OCH3 is 1. The van der Waals surface area contributed by atoms with Gasteiger partial charge >= 0.3 is 0 Å². The number of amides is 1. The molecule has 146 valence electrons. The first-order valence-corrected chi connectivity index (χ1v) is 9.17. The van der Waals surface area contributed by atoms with E-state index in [-0.39, 0.29) is 11.7 Å². The Hall–Kier alpha value is -3.19. The molecule has 0 bridgehead atoms. The van der Waals surface area contributed by atoms with Crippen LogP contribution in [-0.4, -0.2) is 47.5 Å². The third-order valence-electron chi connectivity index (χ3n) is 4.07. The van der Waals surface area contributed by atoms with Crippen LogP contribution in [0.4, 0.5) is 0 Å². The molecule has 0 saturated heterocycles. The molecule has 2 aromatic carbocycles. The Morgan fingerprint density at radius 2 is 1.96 bits per heavy atom. The molecule has 0 fully saturated rings. The lowest BCUT2D eigenvalue weighted by molar-refractivity contribution is 0.0927. The van der Waals surface area contributed by atoms with Gasteiger partial charge in [0, 0.05) is 19.2 Å². The molecular formula is C21H24N4O3. The van der Waals surface area contributed by atoms with Crippen LogP contribution in [0.3, 0.4) is 0 Å². The highest BCUT2D eigenvalue weighted by Gasteiger charge is 2.18. The Balaban J connectivity index is 1.99. The summed E-state index contributed by atoms with van der Waals surface area (Å²) in [6.45, 7) is 5.38. The number of aromatic nitrogens is 3. The van der Waals surface area contributed by atoms with E-state index in [0.717, 1.165) is 22.6 Å². The van der Waals surface area contributed by atoms with Crippen LogP contribution in [0.15, 0.2) is 48.5 Å². The predicted molar refractivity (Wildman–Crippen MR) is 107 cm³/mol. The van der Waals surface area contributed by atoms with Crippen LogP contribution in [0, 0.1) is 6.92 Å². The number of hydrogen-bond acceptors (Lipinski definition) is 5. The summed E-state index contributed by atoms with van der Waals surface area (Å²) in [6, 6.07) is 15.5. The fraction of sp³-hybridized carbons (Fsp3) is 0.286. The summed E-state index contributed by atoms with van der Waals surface area (Å²) in [5, 5.41) is 7.21. The molecule has 0 spiro atoms. The number of carbonyl (C=O) groups excluding carboxylic acids is 1. The van der Waals surface area contributed by atoms with Crippen molar-refractivity contribution in [3.05, 3.63) is 59.9 Å². The van der Waals surface area contributed by atoms with Gasteiger partial charge in [0.15, 0.2) is 5.82 Å². The summed E-state index contributed by atoms with van der Waals surface area (Å²) in [6.07, 6.45) is 0. The molecule has 0 aliphatic heterocycles. The summed E-state index contributed by atoms with van der Waals surface area (Å²) in [5.41, 5.74) is 2.78. The third kappa shape index (κ3) is 4.55. The molecule has 0 radical (unpaired) electrons. The molecule has 0 unspecified atom stereocenters. The van der Waals surface area contributed by atoms with Gasteiger partial charge in [-0.1, -0.05) is 23.8 Å². The van der Waals surface area contributed by atoms with Crippen molar-refractivity contribution >= 4 is 5.91 Å². The number of benzene rings is 2. The minimum Gasteiger partial charge on any atom is -0.494 e. The zero-order valence-electron chi connectivity index (χ0n) is 16.3. The van der Waals surface area contributed by atoms with Crippen molar-refractivity contribution in [2.45, 2.75) is 13.8 Å². The maximum Gasteiger partial charge on any atom is 0.291 e. The molecule has 3 aromatic rings. The number of rotatable bonds is 8. The minimum atomic E-state index is -0.337. The molecule has 0 aliphatic rings. The molecule has 1 aromatic heterocycles. The van der Waals surface area contributed by atoms with Gasteiger partial charge in [0.25, 0.3) is 5.91 Å². The number of nitrogens with one attached hydrogen (secondary N) is 1. The average Bonchev–Trinajstić information content (AvgIpc) is 3.14. The van der Waals surface area contributed by atoms with Crippen LogP contribution in [-0.2, 0) is 4.74 Å². The fourth-order valence-electron chi connectivity index (χ4n) is 2.76. The van der Waals surface area contributed by atoms with Crippen molar-refractivity contribution in [3.63, 3.8) is 0 Å². The van der Waals surface area contributed by atoms with Gasteiger partial charge in [0.05, 0.1) is 18.9 Å². The molecule has 7 heteroatoms. The molecule has 0 saturated carbocycles. The van der Waals surface area contributed by atoms with Crippen molar-refractivity contribution in [1.29, 1.82) is 0 Å². The van der Waals surface area contributed by atoms with E-state index >= 15 is 0 Å². The molecule has 1 N–H and O–H groups in total. The molecule has 0 aliphatic carbocycles. The molecule has 1 heterocycles. The van der Waals surface area contributed by atoms with E-state index in [0.29, 0.717) is 25.6 Å². The number of aryl methyl sites for hydroxylation is 1. The van der Waals surface area contributed by atoms with Gasteiger partial charge < -0.3 is 14.8 Å². The lowest BCUT2D eigenvalue weighted by Crippen LogP contribution is -2.28. The SMILES string of the molecule is CCOc1ccc(-n2nc(C(=O)NCCOC)nc2-c2cccc(C)c2)cc1. The van der Waals surface area contributed by atoms with Gasteiger partial charge in [0.1, 0.15) is 5.75 Å². The minimum absolute atomic E-state index is 0.112. The van der Waals surface area contributed by atoms with Gasteiger partial charge in [-0.25, -0.2) is 9.67 Å². The molecule has 1 amide bonds. The summed E-state index contributed by atoms with van der Waals surface area (Å²) in [5.74, 6) is 1.16. The number of carbonyl (C=O) groups is 1. The fourth-order valence-corrected chi connectivity index (χ4v) is 2.76. The first-order valence-electron chi connectivity index (χ1n) is 9.17. The van der Waals surface area contributed by atoms with Crippen LogP contribution in [0.2, 0.25) is 0 Å². The zero-order chi connectivity index (χ0) is 19.9. The van der Waals surface area contributed by atoms with Crippen LogP contribution in [0.25, 0.3) is 17.1 Å². The van der Waals surface area contributed by atoms with Gasteiger partial charge in [-0.3, -0.25) is 4.79 Å². The molecule has 0 atom stereocenters. The van der Waals surface area contributed by atoms with Gasteiger partial charge in [-0.2, -0.15) is 0 Å². The lowest BCUT2D eigenvalue weighted by atomic mass is 10.1. The number of ether oxygens (including phenoxy) is 2. The Morgan fingerprint density at radius 3 is 2.64 bits per heavy atom. The normalized spacial score (nSPS) is 10.7. The highest BCUT2D eigenvalue weighted by atomic mass is 16.5. The van der Waals surface area contributed by atoms with Gasteiger partial charge in [-0.15, -0.1) is 5.10 Å². The van der Waals surface area contributed by atoms with Crippen molar-refractivity contribution in [2.75, 3.05) is 26.9 Å². The second-order valence-corrected chi connectivity index (χ2v) is 6.22. The Morgan fingerprint density at radius 1 is 1.18 bits per heavy atom. The predicted octanol–water partition coefficient (Wildman–Crippen LogP) is 3.02. The summed E-state index contributed by atoms with van der Waals surface area (Å²) >= 11 is 0. The number of nitrogens with zero attached hydrogens (tertiary/aromatic N) is 3. The van der Waals surface area contributed by atoms with Crippen LogP contribution < -0.4 is 10.1 Å². The molecule has 7 nitrogen and oxygen atoms in total. The number of hydrogen-bond donors (Lipinski definition) is 1. The summed E-state index contributed by atoms with van der Waals surface area (Å²) < 4.78 is 12.1. The maximum absolute atomic E-state index is 12.4.